The van der Waals surface area contributed by atoms with Crippen LogP contribution in [0.25, 0.3) is 0 Å². The molecule has 0 aromatic heterocycles. The first kappa shape index (κ1) is 13.4. The van der Waals surface area contributed by atoms with E-state index < -0.39 is 0 Å². The van der Waals surface area contributed by atoms with Crippen LogP contribution in [0.1, 0.15) is 31.2 Å². The fraction of sp³-hybridized carbons (Fsp3) is 0.562. The molecule has 2 aliphatic rings. The highest BCUT2D eigenvalue weighted by atomic mass is 16.5. The molecule has 2 bridgehead atoms. The molecule has 1 N–H and O–H groups in total. The van der Waals surface area contributed by atoms with Crippen LogP contribution in [-0.4, -0.2) is 41.2 Å². The maximum absolute atomic E-state index is 12.0. The van der Waals surface area contributed by atoms with E-state index in [1.54, 1.807) is 24.3 Å². The number of benzene rings is 1. The Morgan fingerprint density at radius 3 is 2.45 bits per heavy atom. The summed E-state index contributed by atoms with van der Waals surface area (Å²) in [7, 11) is 2.18. The van der Waals surface area contributed by atoms with E-state index in [-0.39, 0.29) is 24.2 Å². The van der Waals surface area contributed by atoms with Crippen molar-refractivity contribution in [2.24, 2.45) is 0 Å². The van der Waals surface area contributed by atoms with Crippen LogP contribution in [0.15, 0.2) is 24.3 Å². The molecule has 3 atom stereocenters. The number of phenols is 1. The predicted octanol–water partition coefficient (Wildman–Crippen LogP) is 2.10. The summed E-state index contributed by atoms with van der Waals surface area (Å²) < 4.78 is 5.63. The van der Waals surface area contributed by atoms with Crippen LogP contribution in [0.4, 0.5) is 0 Å². The van der Waals surface area contributed by atoms with Gasteiger partial charge in [-0.25, -0.2) is 0 Å². The molecular formula is C16H21NO3. The number of carbonyl (C=O) groups is 1. The van der Waals surface area contributed by atoms with Crippen LogP contribution in [-0.2, 0) is 16.0 Å². The number of hydrogen-bond donors (Lipinski definition) is 1. The Labute approximate surface area is 119 Å². The van der Waals surface area contributed by atoms with Crippen LogP contribution < -0.4 is 0 Å². The predicted molar refractivity (Wildman–Crippen MR) is 75.5 cm³/mol. The number of aromatic hydroxyl groups is 1. The quantitative estimate of drug-likeness (QED) is 0.858. The molecule has 20 heavy (non-hydrogen) atoms. The van der Waals surface area contributed by atoms with Crippen molar-refractivity contribution in [3.63, 3.8) is 0 Å². The lowest BCUT2D eigenvalue weighted by Crippen LogP contribution is -2.43. The van der Waals surface area contributed by atoms with Gasteiger partial charge in [0, 0.05) is 12.1 Å². The molecule has 2 aliphatic heterocycles. The zero-order valence-corrected chi connectivity index (χ0v) is 11.8. The summed E-state index contributed by atoms with van der Waals surface area (Å²) in [5.74, 6) is 0.0543. The molecule has 4 nitrogen and oxygen atoms in total. The normalized spacial score (nSPS) is 29.4. The first-order chi connectivity index (χ1) is 9.61. The van der Waals surface area contributed by atoms with Gasteiger partial charge in [0.2, 0.25) is 0 Å². The van der Waals surface area contributed by atoms with Crippen molar-refractivity contribution in [2.75, 3.05) is 7.05 Å². The summed E-state index contributed by atoms with van der Waals surface area (Å²) >= 11 is 0. The second-order valence-corrected chi connectivity index (χ2v) is 5.98. The molecule has 0 saturated carbocycles. The molecule has 0 spiro atoms. The first-order valence-corrected chi connectivity index (χ1v) is 7.31. The van der Waals surface area contributed by atoms with Crippen LogP contribution in [0.5, 0.6) is 5.75 Å². The average Bonchev–Trinajstić information content (AvgIpc) is 2.64. The second kappa shape index (κ2) is 5.44. The SMILES string of the molecule is CN1[C@@H]2CC[C@H]1CC(OC(=O)Cc1ccc(O)cc1)C2. The number of fused-ring (bicyclic) bond motifs is 2. The van der Waals surface area contributed by atoms with Crippen molar-refractivity contribution in [3.8, 4) is 5.75 Å². The molecule has 2 fully saturated rings. The lowest BCUT2D eigenvalue weighted by molar-refractivity contribution is -0.151. The van der Waals surface area contributed by atoms with E-state index in [9.17, 15) is 9.90 Å². The fourth-order valence-electron chi connectivity index (χ4n) is 3.47. The zero-order valence-electron chi connectivity index (χ0n) is 11.8. The molecule has 1 unspecified atom stereocenters. The largest absolute Gasteiger partial charge is 0.508 e. The third kappa shape index (κ3) is 2.80. The summed E-state index contributed by atoms with van der Waals surface area (Å²) in [4.78, 5) is 14.4. The fourth-order valence-corrected chi connectivity index (χ4v) is 3.47. The Bertz CT molecular complexity index is 471. The van der Waals surface area contributed by atoms with Gasteiger partial charge in [-0.3, -0.25) is 4.79 Å². The number of piperidine rings is 1. The molecule has 4 heteroatoms. The summed E-state index contributed by atoms with van der Waals surface area (Å²) in [6.07, 6.45) is 4.75. The second-order valence-electron chi connectivity index (χ2n) is 5.98. The molecular weight excluding hydrogens is 254 g/mol. The molecule has 0 radical (unpaired) electrons. The van der Waals surface area contributed by atoms with Crippen molar-refractivity contribution < 1.29 is 14.6 Å². The number of esters is 1. The third-order valence-electron chi connectivity index (χ3n) is 4.64. The average molecular weight is 275 g/mol. The summed E-state index contributed by atoms with van der Waals surface area (Å²) in [5.41, 5.74) is 0.878. The van der Waals surface area contributed by atoms with Crippen LogP contribution in [0.2, 0.25) is 0 Å². The third-order valence-corrected chi connectivity index (χ3v) is 4.64. The lowest BCUT2D eigenvalue weighted by Gasteiger charge is -2.35. The Hall–Kier alpha value is -1.55. The van der Waals surface area contributed by atoms with E-state index in [1.807, 2.05) is 0 Å². The van der Waals surface area contributed by atoms with Crippen molar-refractivity contribution >= 4 is 5.97 Å². The summed E-state index contributed by atoms with van der Waals surface area (Å²) in [5, 5.41) is 9.22. The summed E-state index contributed by atoms with van der Waals surface area (Å²) in [6, 6.07) is 7.88. The topological polar surface area (TPSA) is 49.8 Å². The minimum absolute atomic E-state index is 0.0771. The van der Waals surface area contributed by atoms with Crippen molar-refractivity contribution in [2.45, 2.75) is 50.3 Å². The van der Waals surface area contributed by atoms with E-state index in [0.29, 0.717) is 12.1 Å². The molecule has 0 aliphatic carbocycles. The smallest absolute Gasteiger partial charge is 0.310 e. The monoisotopic (exact) mass is 275 g/mol. The van der Waals surface area contributed by atoms with Crippen LogP contribution >= 0.6 is 0 Å². The van der Waals surface area contributed by atoms with Gasteiger partial charge in [0.05, 0.1) is 6.42 Å². The Morgan fingerprint density at radius 1 is 1.25 bits per heavy atom. The maximum atomic E-state index is 12.0. The van der Waals surface area contributed by atoms with Crippen LogP contribution in [0.3, 0.4) is 0 Å². The molecule has 3 rings (SSSR count). The van der Waals surface area contributed by atoms with Gasteiger partial charge in [-0.15, -0.1) is 0 Å². The van der Waals surface area contributed by atoms with Crippen molar-refractivity contribution in [3.05, 3.63) is 29.8 Å². The highest BCUT2D eigenvalue weighted by molar-refractivity contribution is 5.72. The molecule has 1 aromatic rings. The number of phenolic OH excluding ortho intramolecular Hbond substituents is 1. The maximum Gasteiger partial charge on any atom is 0.310 e. The Kier molecular flexibility index (Phi) is 3.66. The molecule has 108 valence electrons. The van der Waals surface area contributed by atoms with Gasteiger partial charge in [0.15, 0.2) is 0 Å². The minimum Gasteiger partial charge on any atom is -0.508 e. The number of rotatable bonds is 3. The summed E-state index contributed by atoms with van der Waals surface area (Å²) in [6.45, 7) is 0. The zero-order chi connectivity index (χ0) is 14.1. The van der Waals surface area contributed by atoms with Crippen molar-refractivity contribution in [1.82, 2.24) is 4.90 Å². The molecule has 2 heterocycles. The van der Waals surface area contributed by atoms with Gasteiger partial charge in [-0.2, -0.15) is 0 Å². The van der Waals surface area contributed by atoms with Gasteiger partial charge in [0.1, 0.15) is 11.9 Å². The van der Waals surface area contributed by atoms with Gasteiger partial charge in [0.25, 0.3) is 0 Å². The minimum atomic E-state index is -0.162. The van der Waals surface area contributed by atoms with E-state index in [4.69, 9.17) is 4.74 Å². The standard InChI is InChI=1S/C16H21NO3/c1-17-12-4-5-13(17)10-15(9-12)20-16(19)8-11-2-6-14(18)7-3-11/h2-3,6-7,12-13,15,18H,4-5,8-10H2,1H3/t12-,13+,15?. The van der Waals surface area contributed by atoms with Gasteiger partial charge in [-0.05, 0) is 50.4 Å². The first-order valence-electron chi connectivity index (χ1n) is 7.31. The molecule has 2 saturated heterocycles. The number of ether oxygens (including phenoxy) is 1. The van der Waals surface area contributed by atoms with Gasteiger partial charge >= 0.3 is 5.97 Å². The number of carbonyl (C=O) groups excluding carboxylic acids is 1. The van der Waals surface area contributed by atoms with E-state index >= 15 is 0 Å². The Morgan fingerprint density at radius 2 is 1.85 bits per heavy atom. The highest BCUT2D eigenvalue weighted by Gasteiger charge is 2.39. The van der Waals surface area contributed by atoms with E-state index in [1.165, 1.54) is 12.8 Å². The number of hydrogen-bond acceptors (Lipinski definition) is 4. The highest BCUT2D eigenvalue weighted by Crippen LogP contribution is 2.35. The molecule has 1 aromatic carbocycles. The van der Waals surface area contributed by atoms with E-state index in [0.717, 1.165) is 18.4 Å². The van der Waals surface area contributed by atoms with Gasteiger partial charge in [-0.1, -0.05) is 12.1 Å². The Balaban J connectivity index is 1.53. The van der Waals surface area contributed by atoms with Crippen LogP contribution in [0, 0.1) is 0 Å². The van der Waals surface area contributed by atoms with Gasteiger partial charge < -0.3 is 14.7 Å². The van der Waals surface area contributed by atoms with Crippen molar-refractivity contribution in [1.29, 1.82) is 0 Å². The lowest BCUT2D eigenvalue weighted by atomic mass is 10.0. The molecule has 0 amide bonds. The van der Waals surface area contributed by atoms with E-state index in [2.05, 4.69) is 11.9 Å². The number of nitrogens with zero attached hydrogens (tertiary/aromatic N) is 1.